The number of nitrogens with one attached hydrogen (secondary N) is 1. The summed E-state index contributed by atoms with van der Waals surface area (Å²) in [4.78, 5) is 29.2. The van der Waals surface area contributed by atoms with Crippen LogP contribution in [0.2, 0.25) is 0 Å². The molecular formula is C22H20N4O4. The molecule has 1 aromatic heterocycles. The van der Waals surface area contributed by atoms with Crippen LogP contribution in [-0.4, -0.2) is 40.4 Å². The molecule has 152 valence electrons. The van der Waals surface area contributed by atoms with Gasteiger partial charge in [0.25, 0.3) is 0 Å². The van der Waals surface area contributed by atoms with Crippen LogP contribution in [0.1, 0.15) is 34.5 Å². The van der Waals surface area contributed by atoms with E-state index in [1.54, 1.807) is 35.9 Å². The average Bonchev–Trinajstić information content (AvgIpc) is 3.26. The quantitative estimate of drug-likeness (QED) is 0.653. The summed E-state index contributed by atoms with van der Waals surface area (Å²) >= 11 is 0. The molecule has 8 heteroatoms. The molecule has 3 aromatic rings. The van der Waals surface area contributed by atoms with E-state index >= 15 is 0 Å². The van der Waals surface area contributed by atoms with E-state index in [1.165, 1.54) is 13.4 Å². The molecule has 0 aliphatic carbocycles. The van der Waals surface area contributed by atoms with Gasteiger partial charge in [0.2, 0.25) is 5.95 Å². The third-order valence-electron chi connectivity index (χ3n) is 4.80. The van der Waals surface area contributed by atoms with Crippen LogP contribution in [-0.2, 0) is 14.3 Å². The largest absolute Gasteiger partial charge is 0.465 e. The number of benzene rings is 2. The molecule has 0 radical (unpaired) electrons. The molecule has 0 fully saturated rings. The van der Waals surface area contributed by atoms with Crippen LogP contribution in [0.5, 0.6) is 0 Å². The average molecular weight is 404 g/mol. The van der Waals surface area contributed by atoms with Gasteiger partial charge in [-0.15, -0.1) is 0 Å². The van der Waals surface area contributed by atoms with E-state index in [4.69, 9.17) is 9.47 Å². The molecule has 0 spiro atoms. The predicted molar refractivity (Wildman–Crippen MR) is 110 cm³/mol. The Labute approximate surface area is 173 Å². The second-order valence-corrected chi connectivity index (χ2v) is 6.54. The lowest BCUT2D eigenvalue weighted by Gasteiger charge is -2.29. The Kier molecular flexibility index (Phi) is 5.30. The first-order valence-electron chi connectivity index (χ1n) is 9.45. The first-order chi connectivity index (χ1) is 14.6. The molecule has 0 bridgehead atoms. The molecule has 1 aliphatic heterocycles. The summed E-state index contributed by atoms with van der Waals surface area (Å²) in [7, 11) is 1.33. The minimum atomic E-state index is -0.579. The van der Waals surface area contributed by atoms with Crippen molar-refractivity contribution in [1.29, 1.82) is 0 Å². The third kappa shape index (κ3) is 3.43. The molecule has 4 rings (SSSR count). The van der Waals surface area contributed by atoms with Crippen LogP contribution < -0.4 is 5.32 Å². The normalized spacial score (nSPS) is 15.2. The fourth-order valence-corrected chi connectivity index (χ4v) is 3.45. The number of hydrogen-bond acceptors (Lipinski definition) is 7. The number of carbonyl (C=O) groups excluding carboxylic acids is 2. The van der Waals surface area contributed by atoms with Gasteiger partial charge in [0.1, 0.15) is 12.4 Å². The maximum atomic E-state index is 13.1. The zero-order valence-electron chi connectivity index (χ0n) is 16.5. The van der Waals surface area contributed by atoms with Gasteiger partial charge in [0, 0.05) is 0 Å². The van der Waals surface area contributed by atoms with Crippen molar-refractivity contribution in [3.8, 4) is 0 Å². The lowest BCUT2D eigenvalue weighted by molar-refractivity contribution is -0.138. The van der Waals surface area contributed by atoms with Crippen molar-refractivity contribution in [3.05, 3.63) is 83.2 Å². The fourth-order valence-electron chi connectivity index (χ4n) is 3.45. The topological polar surface area (TPSA) is 95.3 Å². The Balaban J connectivity index is 1.90. The van der Waals surface area contributed by atoms with Crippen molar-refractivity contribution in [3.63, 3.8) is 0 Å². The minimum Gasteiger partial charge on any atom is -0.465 e. The second kappa shape index (κ2) is 8.20. The summed E-state index contributed by atoms with van der Waals surface area (Å²) < 4.78 is 11.8. The molecule has 0 amide bonds. The highest BCUT2D eigenvalue weighted by molar-refractivity contribution is 6.02. The lowest BCUT2D eigenvalue weighted by Crippen LogP contribution is -2.30. The first kappa shape index (κ1) is 19.4. The van der Waals surface area contributed by atoms with E-state index in [9.17, 15) is 9.59 Å². The first-order valence-corrected chi connectivity index (χ1v) is 9.45. The van der Waals surface area contributed by atoms with Gasteiger partial charge in [-0.05, 0) is 30.2 Å². The standard InChI is InChI=1S/C22H20N4O4/c1-3-30-21(28)17-18(14-7-5-4-6-8-14)25-22-23-13-24-26(22)19(17)15-9-11-16(12-10-15)20(27)29-2/h4-13,19H,3H2,1-2H3,(H,23,24,25). The van der Waals surface area contributed by atoms with E-state index < -0.39 is 18.0 Å². The SMILES string of the molecule is CCOC(=O)C1=C(c2ccccc2)Nc2ncnn2C1c1ccc(C(=O)OC)cc1. The Bertz CT molecular complexity index is 1100. The molecule has 0 saturated carbocycles. The van der Waals surface area contributed by atoms with Gasteiger partial charge in [0.15, 0.2) is 0 Å². The Morgan fingerprint density at radius 3 is 2.47 bits per heavy atom. The molecule has 0 saturated heterocycles. The fraction of sp³-hybridized carbons (Fsp3) is 0.182. The van der Waals surface area contributed by atoms with Crippen molar-refractivity contribution in [2.45, 2.75) is 13.0 Å². The number of ether oxygens (including phenoxy) is 2. The van der Waals surface area contributed by atoms with Gasteiger partial charge < -0.3 is 14.8 Å². The molecule has 1 N–H and O–H groups in total. The Morgan fingerprint density at radius 1 is 1.07 bits per heavy atom. The number of hydrogen-bond donors (Lipinski definition) is 1. The zero-order chi connectivity index (χ0) is 21.1. The summed E-state index contributed by atoms with van der Waals surface area (Å²) in [6.45, 7) is 2.00. The van der Waals surface area contributed by atoms with Crippen LogP contribution >= 0.6 is 0 Å². The molecule has 1 unspecified atom stereocenters. The number of esters is 2. The van der Waals surface area contributed by atoms with Crippen molar-refractivity contribution in [2.75, 3.05) is 19.0 Å². The molecule has 2 heterocycles. The number of anilines is 1. The summed E-state index contributed by atoms with van der Waals surface area (Å²) in [5.41, 5.74) is 3.01. The molecule has 1 atom stereocenters. The van der Waals surface area contributed by atoms with Crippen molar-refractivity contribution in [1.82, 2.24) is 14.8 Å². The van der Waals surface area contributed by atoms with Gasteiger partial charge in [0.05, 0.1) is 30.6 Å². The number of nitrogens with zero attached hydrogens (tertiary/aromatic N) is 3. The molecular weight excluding hydrogens is 384 g/mol. The lowest BCUT2D eigenvalue weighted by atomic mass is 9.92. The molecule has 8 nitrogen and oxygen atoms in total. The molecule has 30 heavy (non-hydrogen) atoms. The van der Waals surface area contributed by atoms with E-state index in [2.05, 4.69) is 15.4 Å². The number of carbonyl (C=O) groups is 2. The van der Waals surface area contributed by atoms with Gasteiger partial charge in [-0.3, -0.25) is 0 Å². The maximum Gasteiger partial charge on any atom is 0.338 e. The maximum absolute atomic E-state index is 13.1. The van der Waals surface area contributed by atoms with E-state index in [-0.39, 0.29) is 6.61 Å². The van der Waals surface area contributed by atoms with E-state index in [1.807, 2.05) is 30.3 Å². The van der Waals surface area contributed by atoms with Crippen LogP contribution in [0.3, 0.4) is 0 Å². The Morgan fingerprint density at radius 2 is 1.80 bits per heavy atom. The minimum absolute atomic E-state index is 0.239. The van der Waals surface area contributed by atoms with Gasteiger partial charge >= 0.3 is 11.9 Å². The monoisotopic (exact) mass is 404 g/mol. The van der Waals surface area contributed by atoms with Crippen LogP contribution in [0, 0.1) is 0 Å². The molecule has 1 aliphatic rings. The predicted octanol–water partition coefficient (Wildman–Crippen LogP) is 3.05. The highest BCUT2D eigenvalue weighted by Crippen LogP contribution is 2.38. The van der Waals surface area contributed by atoms with Crippen molar-refractivity contribution < 1.29 is 19.1 Å². The molecule has 2 aromatic carbocycles. The van der Waals surface area contributed by atoms with Gasteiger partial charge in [-0.25, -0.2) is 14.3 Å². The number of methoxy groups -OCH3 is 1. The summed E-state index contributed by atoms with van der Waals surface area (Å²) in [6, 6.07) is 15.8. The number of fused-ring (bicyclic) bond motifs is 1. The number of aromatic nitrogens is 3. The smallest absolute Gasteiger partial charge is 0.338 e. The third-order valence-corrected chi connectivity index (χ3v) is 4.80. The van der Waals surface area contributed by atoms with Crippen molar-refractivity contribution in [2.24, 2.45) is 0 Å². The van der Waals surface area contributed by atoms with Crippen molar-refractivity contribution >= 4 is 23.6 Å². The van der Waals surface area contributed by atoms with E-state index in [0.29, 0.717) is 22.8 Å². The van der Waals surface area contributed by atoms with Crippen LogP contribution in [0.4, 0.5) is 5.95 Å². The number of rotatable bonds is 5. The highest BCUT2D eigenvalue weighted by Gasteiger charge is 2.36. The Hall–Kier alpha value is -3.94. The summed E-state index contributed by atoms with van der Waals surface area (Å²) in [5, 5.41) is 7.53. The zero-order valence-corrected chi connectivity index (χ0v) is 16.5. The summed E-state index contributed by atoms with van der Waals surface area (Å²) in [5.74, 6) is -0.379. The van der Waals surface area contributed by atoms with E-state index in [0.717, 1.165) is 11.1 Å². The van der Waals surface area contributed by atoms with Crippen LogP contribution in [0.25, 0.3) is 5.70 Å². The second-order valence-electron chi connectivity index (χ2n) is 6.54. The summed E-state index contributed by atoms with van der Waals surface area (Å²) in [6.07, 6.45) is 1.43. The highest BCUT2D eigenvalue weighted by atomic mass is 16.5. The van der Waals surface area contributed by atoms with Crippen LogP contribution in [0.15, 0.2) is 66.5 Å². The van der Waals surface area contributed by atoms with Gasteiger partial charge in [-0.2, -0.15) is 10.1 Å². The van der Waals surface area contributed by atoms with Gasteiger partial charge in [-0.1, -0.05) is 42.5 Å².